The van der Waals surface area contributed by atoms with Crippen LogP contribution in [0.15, 0.2) is 106 Å². The number of thiazole rings is 2. The normalized spacial score (nSPS) is 10.7. The van der Waals surface area contributed by atoms with Gasteiger partial charge in [-0.15, -0.1) is 22.7 Å². The van der Waals surface area contributed by atoms with Crippen molar-refractivity contribution in [3.8, 4) is 60.9 Å². The van der Waals surface area contributed by atoms with E-state index in [1.165, 1.54) is 29.8 Å². The van der Waals surface area contributed by atoms with Crippen molar-refractivity contribution >= 4 is 109 Å². The molecule has 0 aliphatic carbocycles. The Morgan fingerprint density at radius 1 is 0.655 bits per heavy atom. The third-order valence-corrected chi connectivity index (χ3v) is 12.2. The Morgan fingerprint density at radius 2 is 1.15 bits per heavy atom. The number of hydrogen-bond donors (Lipinski definition) is 1. The van der Waals surface area contributed by atoms with Gasteiger partial charge in [-0.25, -0.2) is 19.6 Å². The van der Waals surface area contributed by atoms with E-state index in [-0.39, 0.29) is 10.6 Å². The van der Waals surface area contributed by atoms with Crippen LogP contribution in [0.25, 0.3) is 54.8 Å². The van der Waals surface area contributed by atoms with Crippen molar-refractivity contribution < 1.29 is 19.4 Å². The van der Waals surface area contributed by atoms with Gasteiger partial charge in [0.15, 0.2) is 0 Å². The molecule has 0 radical (unpaired) electrons. The highest BCUT2D eigenvalue weighted by atomic mass is 79.9. The first-order valence-corrected chi connectivity index (χ1v) is 20.1. The van der Waals surface area contributed by atoms with Gasteiger partial charge in [-0.2, -0.15) is 5.26 Å². The van der Waals surface area contributed by atoms with Crippen LogP contribution in [-0.4, -0.2) is 34.1 Å². The summed E-state index contributed by atoms with van der Waals surface area (Å²) in [5.41, 5.74) is 6.77. The maximum absolute atomic E-state index is 12.0. The van der Waals surface area contributed by atoms with E-state index < -0.39 is 11.9 Å². The van der Waals surface area contributed by atoms with Crippen molar-refractivity contribution in [3.05, 3.63) is 148 Å². The minimum absolute atomic E-state index is 0.115. The number of ether oxygens (including phenoxy) is 1. The molecule has 0 fully saturated rings. The highest BCUT2D eigenvalue weighted by Gasteiger charge is 2.18. The molecule has 7 rings (SSSR count). The first-order valence-electron chi connectivity index (χ1n) is 15.6. The van der Waals surface area contributed by atoms with Gasteiger partial charge in [0.2, 0.25) is 0 Å². The van der Waals surface area contributed by atoms with E-state index >= 15 is 0 Å². The van der Waals surface area contributed by atoms with Crippen LogP contribution in [0.4, 0.5) is 0 Å². The van der Waals surface area contributed by atoms with E-state index in [0.717, 1.165) is 33.1 Å². The number of esters is 1. The van der Waals surface area contributed by atoms with Gasteiger partial charge in [0.1, 0.15) is 16.1 Å². The predicted molar refractivity (Wildman–Crippen MR) is 227 cm³/mol. The Kier molecular flexibility index (Phi) is 13.0. The third kappa shape index (κ3) is 9.24. The molecule has 1 N–H and O–H groups in total. The largest absolute Gasteiger partial charge is 0.478 e. The summed E-state index contributed by atoms with van der Waals surface area (Å²) >= 11 is 36.5. The third-order valence-electron chi connectivity index (χ3n) is 7.96. The summed E-state index contributed by atoms with van der Waals surface area (Å²) in [7, 11) is 1.35. The molecule has 274 valence electrons. The lowest BCUT2D eigenvalue weighted by molar-refractivity contribution is 0.0598. The number of methoxy groups -OCH3 is 1. The molecule has 0 amide bonds. The molecule has 7 nitrogen and oxygen atoms in total. The first kappa shape index (κ1) is 40.4. The number of carboxylic acids is 1. The second kappa shape index (κ2) is 17.7. The lowest BCUT2D eigenvalue weighted by atomic mass is 9.97. The van der Waals surface area contributed by atoms with Gasteiger partial charge >= 0.3 is 11.9 Å². The Hall–Kier alpha value is -4.28. The number of carboxylic acid groups (broad SMARTS) is 1. The van der Waals surface area contributed by atoms with Crippen molar-refractivity contribution in [1.82, 2.24) is 9.97 Å². The number of benzene rings is 5. The van der Waals surface area contributed by atoms with Gasteiger partial charge < -0.3 is 9.84 Å². The fourth-order valence-electron chi connectivity index (χ4n) is 5.19. The summed E-state index contributed by atoms with van der Waals surface area (Å²) in [6, 6.07) is 28.1. The van der Waals surface area contributed by atoms with E-state index in [1.54, 1.807) is 60.7 Å². The molecule has 5 aromatic carbocycles. The molecule has 0 spiro atoms. The van der Waals surface area contributed by atoms with E-state index in [2.05, 4.69) is 25.9 Å². The van der Waals surface area contributed by atoms with Crippen LogP contribution in [0.2, 0.25) is 25.1 Å². The molecule has 0 aliphatic rings. The molecule has 0 saturated heterocycles. The molecule has 0 saturated carbocycles. The summed E-state index contributed by atoms with van der Waals surface area (Å²) in [6.45, 7) is 0. The number of halogens is 6. The summed E-state index contributed by atoms with van der Waals surface area (Å²) < 4.78 is 5.47. The van der Waals surface area contributed by atoms with E-state index in [4.69, 9.17) is 68.0 Å². The Labute approximate surface area is 356 Å². The molecule has 2 aromatic heterocycles. The smallest absolute Gasteiger partial charge is 0.339 e. The molecular weight excluding hydrogens is 908 g/mol. The lowest BCUT2D eigenvalue weighted by Gasteiger charge is -2.09. The van der Waals surface area contributed by atoms with Crippen LogP contribution >= 0.6 is 96.6 Å². The van der Waals surface area contributed by atoms with Crippen molar-refractivity contribution in [1.29, 1.82) is 5.26 Å². The van der Waals surface area contributed by atoms with Gasteiger partial charge in [-0.05, 0) is 81.7 Å². The van der Waals surface area contributed by atoms with Gasteiger partial charge in [0, 0.05) is 37.5 Å². The maximum Gasteiger partial charge on any atom is 0.339 e. The van der Waals surface area contributed by atoms with Crippen molar-refractivity contribution in [2.45, 2.75) is 0 Å². The van der Waals surface area contributed by atoms with Gasteiger partial charge in [-0.3, -0.25) is 0 Å². The molecule has 2 heterocycles. The predicted octanol–water partition coefficient (Wildman–Crippen LogP) is 14.0. The summed E-state index contributed by atoms with van der Waals surface area (Å²) in [5, 5.41) is 26.3. The molecule has 0 aliphatic heterocycles. The number of hydrogen-bond acceptors (Lipinski definition) is 8. The molecule has 55 heavy (non-hydrogen) atoms. The zero-order chi connectivity index (χ0) is 39.4. The molecule has 7 aromatic rings. The zero-order valence-corrected chi connectivity index (χ0v) is 34.9. The standard InChI is InChI=1S/C23H11Cl3N2O2S.C17H10BrCl2NO2S/c24-18-6-4-13(9-20(18)26)21-11-31-22(28-21)14-3-5-16(17(7-14)23(29)30)12-1-2-15(10-27)19(25)8-12;1-23-17(22)11-6-10(2-4-12(11)18)16-21-15(8-24-16)9-3-5-13(19)14(20)7-9/h1-9,11H,(H,29,30);2-8H,1H3. The topological polar surface area (TPSA) is 113 Å². The van der Waals surface area contributed by atoms with Crippen LogP contribution in [-0.2, 0) is 4.74 Å². The number of carbonyl (C=O) groups excluding carboxylic acids is 1. The highest BCUT2D eigenvalue weighted by Crippen LogP contribution is 2.37. The summed E-state index contributed by atoms with van der Waals surface area (Å²) in [4.78, 5) is 33.0. The second-order valence-corrected chi connectivity index (χ2v) is 16.0. The van der Waals surface area contributed by atoms with Crippen molar-refractivity contribution in [3.63, 3.8) is 0 Å². The molecule has 0 atom stereocenters. The number of carbonyl (C=O) groups is 2. The molecule has 0 bridgehead atoms. The van der Waals surface area contributed by atoms with Crippen LogP contribution in [0.5, 0.6) is 0 Å². The summed E-state index contributed by atoms with van der Waals surface area (Å²) in [5.74, 6) is -1.47. The zero-order valence-electron chi connectivity index (χ0n) is 27.9. The van der Waals surface area contributed by atoms with Crippen LogP contribution in [0.3, 0.4) is 0 Å². The Bertz CT molecular complexity index is 2660. The van der Waals surface area contributed by atoms with Crippen molar-refractivity contribution in [2.24, 2.45) is 0 Å². The number of aromatic nitrogens is 2. The number of nitrogens with zero attached hydrogens (tertiary/aromatic N) is 3. The second-order valence-electron chi connectivity index (χ2n) is 11.4. The van der Waals surface area contributed by atoms with E-state index in [1.807, 2.05) is 47.2 Å². The van der Waals surface area contributed by atoms with Crippen molar-refractivity contribution in [2.75, 3.05) is 7.11 Å². The number of rotatable bonds is 7. The van der Waals surface area contributed by atoms with Gasteiger partial charge in [0.25, 0.3) is 0 Å². The molecule has 15 heteroatoms. The van der Waals surface area contributed by atoms with Gasteiger partial charge in [0.05, 0.1) is 60.3 Å². The average molecular weight is 929 g/mol. The van der Waals surface area contributed by atoms with Crippen LogP contribution in [0, 0.1) is 11.3 Å². The maximum atomic E-state index is 12.0. The SMILES string of the molecule is COC(=O)c1cc(-c2nc(-c3ccc(Cl)c(Cl)c3)cs2)ccc1Br.N#Cc1ccc(-c2ccc(-c3nc(-c4ccc(Cl)c(Cl)c4)cs3)cc2C(=O)O)cc1Cl. The Balaban J connectivity index is 0.000000193. The average Bonchev–Trinajstić information content (AvgIpc) is 3.89. The Morgan fingerprint density at radius 3 is 1.64 bits per heavy atom. The van der Waals surface area contributed by atoms with E-state index in [0.29, 0.717) is 57.4 Å². The first-order chi connectivity index (χ1) is 26.4. The monoisotopic (exact) mass is 925 g/mol. The molecule has 0 unspecified atom stereocenters. The summed E-state index contributed by atoms with van der Waals surface area (Å²) in [6.07, 6.45) is 0. The highest BCUT2D eigenvalue weighted by molar-refractivity contribution is 9.10. The quantitative estimate of drug-likeness (QED) is 0.158. The van der Waals surface area contributed by atoms with E-state index in [9.17, 15) is 14.7 Å². The van der Waals surface area contributed by atoms with Crippen LogP contribution < -0.4 is 0 Å². The number of nitriles is 1. The lowest BCUT2D eigenvalue weighted by Crippen LogP contribution is -2.02. The number of aromatic carboxylic acids is 1. The minimum Gasteiger partial charge on any atom is -0.478 e. The minimum atomic E-state index is -1.07. The molecular formula is C40H21BrCl5N3O4S2. The van der Waals surface area contributed by atoms with Crippen LogP contribution in [0.1, 0.15) is 26.3 Å². The fourth-order valence-corrected chi connectivity index (χ4v) is 8.07. The fraction of sp³-hybridized carbons (Fsp3) is 0.0250. The van der Waals surface area contributed by atoms with Gasteiger partial charge in [-0.1, -0.05) is 94.4 Å².